The van der Waals surface area contributed by atoms with E-state index in [4.69, 9.17) is 11.6 Å². The molecule has 5 nitrogen and oxygen atoms in total. The Morgan fingerprint density at radius 2 is 2.26 bits per heavy atom. The van der Waals surface area contributed by atoms with Gasteiger partial charge >= 0.3 is 0 Å². The number of halogens is 1. The highest BCUT2D eigenvalue weighted by molar-refractivity contribution is 7.91. The quantitative estimate of drug-likeness (QED) is 0.732. The molecule has 0 saturated carbocycles. The van der Waals surface area contributed by atoms with Gasteiger partial charge < -0.3 is 4.90 Å². The molecule has 0 N–H and O–H groups in total. The van der Waals surface area contributed by atoms with E-state index < -0.39 is 9.84 Å². The summed E-state index contributed by atoms with van der Waals surface area (Å²) < 4.78 is 23.3. The van der Waals surface area contributed by atoms with Gasteiger partial charge in [-0.15, -0.1) is 0 Å². The second kappa shape index (κ2) is 5.46. The molecule has 0 spiro atoms. The Morgan fingerprint density at radius 3 is 2.95 bits per heavy atom. The molecule has 2 heterocycles. The maximum absolute atomic E-state index is 12.3. The van der Waals surface area contributed by atoms with Crippen LogP contribution in [-0.4, -0.2) is 48.8 Å². The largest absolute Gasteiger partial charge is 0.337 e. The van der Waals surface area contributed by atoms with E-state index in [-0.39, 0.29) is 35.0 Å². The van der Waals surface area contributed by atoms with Crippen LogP contribution in [0.5, 0.6) is 0 Å². The normalized spacial score (nSPS) is 22.8. The number of hydrogen-bond donors (Lipinski definition) is 0. The van der Waals surface area contributed by atoms with E-state index in [9.17, 15) is 13.2 Å². The maximum Gasteiger partial charge on any atom is 0.254 e. The molecule has 1 aromatic heterocycles. The van der Waals surface area contributed by atoms with Crippen molar-refractivity contribution in [3.63, 3.8) is 0 Å². The SMILES string of the molecule is C[C@H]1CN(C(=O)c2ccnc(Cl)c2)CCS(=O)(=O)C1. The van der Waals surface area contributed by atoms with E-state index in [2.05, 4.69) is 4.98 Å². The predicted molar refractivity (Wildman–Crippen MR) is 73.0 cm³/mol. The third kappa shape index (κ3) is 3.67. The van der Waals surface area contributed by atoms with Crippen LogP contribution in [0.15, 0.2) is 18.3 Å². The molecule has 1 fully saturated rings. The van der Waals surface area contributed by atoms with E-state index in [1.165, 1.54) is 12.3 Å². The van der Waals surface area contributed by atoms with Crippen molar-refractivity contribution in [3.8, 4) is 0 Å². The first-order valence-electron chi connectivity index (χ1n) is 5.98. The lowest BCUT2D eigenvalue weighted by Crippen LogP contribution is -2.35. The Kier molecular flexibility index (Phi) is 4.10. The van der Waals surface area contributed by atoms with Crippen LogP contribution >= 0.6 is 11.6 Å². The molecule has 0 aromatic carbocycles. The highest BCUT2D eigenvalue weighted by Crippen LogP contribution is 2.15. The summed E-state index contributed by atoms with van der Waals surface area (Å²) in [6.07, 6.45) is 1.47. The molecule has 104 valence electrons. The van der Waals surface area contributed by atoms with Gasteiger partial charge in [0.25, 0.3) is 5.91 Å². The van der Waals surface area contributed by atoms with Gasteiger partial charge in [-0.25, -0.2) is 13.4 Å². The molecule has 1 atom stereocenters. The lowest BCUT2D eigenvalue weighted by Gasteiger charge is -2.22. The van der Waals surface area contributed by atoms with Gasteiger partial charge in [0, 0.05) is 24.8 Å². The van der Waals surface area contributed by atoms with E-state index in [1.807, 2.05) is 6.92 Å². The minimum atomic E-state index is -3.06. The van der Waals surface area contributed by atoms with Gasteiger partial charge in [0.2, 0.25) is 0 Å². The lowest BCUT2D eigenvalue weighted by molar-refractivity contribution is 0.0751. The molecule has 2 rings (SSSR count). The zero-order chi connectivity index (χ0) is 14.0. The van der Waals surface area contributed by atoms with Crippen molar-refractivity contribution in [2.75, 3.05) is 24.6 Å². The van der Waals surface area contributed by atoms with Crippen molar-refractivity contribution in [3.05, 3.63) is 29.0 Å². The first-order valence-corrected chi connectivity index (χ1v) is 8.18. The number of rotatable bonds is 1. The van der Waals surface area contributed by atoms with Crippen molar-refractivity contribution in [1.82, 2.24) is 9.88 Å². The summed E-state index contributed by atoms with van der Waals surface area (Å²) in [5.41, 5.74) is 0.437. The van der Waals surface area contributed by atoms with E-state index in [0.29, 0.717) is 12.1 Å². The topological polar surface area (TPSA) is 67.3 Å². The average Bonchev–Trinajstić information content (AvgIpc) is 2.46. The van der Waals surface area contributed by atoms with Gasteiger partial charge in [-0.1, -0.05) is 18.5 Å². The predicted octanol–water partition coefficient (Wildman–Crippen LogP) is 1.24. The Bertz CT molecular complexity index is 588. The molecule has 1 aliphatic rings. The Balaban J connectivity index is 2.20. The van der Waals surface area contributed by atoms with Crippen LogP contribution in [-0.2, 0) is 9.84 Å². The number of carbonyl (C=O) groups is 1. The number of aromatic nitrogens is 1. The third-order valence-corrected chi connectivity index (χ3v) is 5.09. The van der Waals surface area contributed by atoms with Crippen LogP contribution in [0.4, 0.5) is 0 Å². The number of amides is 1. The molecule has 1 aromatic rings. The molecule has 1 amide bonds. The molecule has 0 bridgehead atoms. The number of hydrogen-bond acceptors (Lipinski definition) is 4. The second-order valence-corrected chi connectivity index (χ2v) is 7.45. The van der Waals surface area contributed by atoms with E-state index in [0.717, 1.165) is 0 Å². The minimum absolute atomic E-state index is 0.0158. The van der Waals surface area contributed by atoms with Crippen molar-refractivity contribution < 1.29 is 13.2 Å². The zero-order valence-corrected chi connectivity index (χ0v) is 12.1. The van der Waals surface area contributed by atoms with Gasteiger partial charge in [0.1, 0.15) is 5.15 Å². The summed E-state index contributed by atoms with van der Waals surface area (Å²) in [7, 11) is -3.06. The van der Waals surface area contributed by atoms with E-state index in [1.54, 1.807) is 11.0 Å². The maximum atomic E-state index is 12.3. The Labute approximate surface area is 117 Å². The van der Waals surface area contributed by atoms with E-state index >= 15 is 0 Å². The molecule has 19 heavy (non-hydrogen) atoms. The fourth-order valence-corrected chi connectivity index (χ4v) is 4.00. The second-order valence-electron chi connectivity index (χ2n) is 4.84. The fourth-order valence-electron chi connectivity index (χ4n) is 2.19. The van der Waals surface area contributed by atoms with Crippen LogP contribution in [0.25, 0.3) is 0 Å². The molecular formula is C12H15ClN2O3S. The summed E-state index contributed by atoms with van der Waals surface area (Å²) in [6.45, 7) is 2.51. The zero-order valence-electron chi connectivity index (χ0n) is 10.5. The van der Waals surface area contributed by atoms with Crippen LogP contribution < -0.4 is 0 Å². The first kappa shape index (κ1) is 14.3. The monoisotopic (exact) mass is 302 g/mol. The van der Waals surface area contributed by atoms with Crippen LogP contribution in [0.1, 0.15) is 17.3 Å². The number of sulfone groups is 1. The van der Waals surface area contributed by atoms with Gasteiger partial charge in [-0.2, -0.15) is 0 Å². The Hall–Kier alpha value is -1.14. The summed E-state index contributed by atoms with van der Waals surface area (Å²) in [6, 6.07) is 3.08. The summed E-state index contributed by atoms with van der Waals surface area (Å²) >= 11 is 5.76. The van der Waals surface area contributed by atoms with Gasteiger partial charge in [-0.3, -0.25) is 4.79 Å². The average molecular weight is 303 g/mol. The van der Waals surface area contributed by atoms with Crippen molar-refractivity contribution in [2.45, 2.75) is 6.92 Å². The summed E-state index contributed by atoms with van der Waals surface area (Å²) in [5, 5.41) is 0.251. The standard InChI is InChI=1S/C12H15ClN2O3S/c1-9-7-15(4-5-19(17,18)8-9)12(16)10-2-3-14-11(13)6-10/h2-3,6,9H,4-5,7-8H2,1H3/t9-/m0/s1. The van der Waals surface area contributed by atoms with Crippen molar-refractivity contribution in [2.24, 2.45) is 5.92 Å². The van der Waals surface area contributed by atoms with Crippen LogP contribution in [0.3, 0.4) is 0 Å². The minimum Gasteiger partial charge on any atom is -0.337 e. The highest BCUT2D eigenvalue weighted by atomic mass is 35.5. The number of pyridine rings is 1. The van der Waals surface area contributed by atoms with Crippen LogP contribution in [0.2, 0.25) is 5.15 Å². The molecule has 1 saturated heterocycles. The van der Waals surface area contributed by atoms with Crippen molar-refractivity contribution >= 4 is 27.3 Å². The Morgan fingerprint density at radius 1 is 1.53 bits per heavy atom. The van der Waals surface area contributed by atoms with Gasteiger partial charge in [0.05, 0.1) is 11.5 Å². The number of carbonyl (C=O) groups excluding carboxylic acids is 1. The molecule has 7 heteroatoms. The molecular weight excluding hydrogens is 288 g/mol. The van der Waals surface area contributed by atoms with Gasteiger partial charge in [-0.05, 0) is 18.1 Å². The molecule has 0 radical (unpaired) electrons. The summed E-state index contributed by atoms with van der Waals surface area (Å²) in [4.78, 5) is 17.7. The smallest absolute Gasteiger partial charge is 0.254 e. The van der Waals surface area contributed by atoms with Gasteiger partial charge in [0.15, 0.2) is 9.84 Å². The molecule has 1 aliphatic heterocycles. The molecule has 0 unspecified atom stereocenters. The third-order valence-electron chi connectivity index (χ3n) is 3.00. The van der Waals surface area contributed by atoms with Crippen LogP contribution in [0, 0.1) is 5.92 Å². The number of nitrogens with zero attached hydrogens (tertiary/aromatic N) is 2. The molecule has 0 aliphatic carbocycles. The summed E-state index contributed by atoms with van der Waals surface area (Å²) in [5.74, 6) is -0.113. The van der Waals surface area contributed by atoms with Crippen molar-refractivity contribution in [1.29, 1.82) is 0 Å². The lowest BCUT2D eigenvalue weighted by atomic mass is 10.1. The highest BCUT2D eigenvalue weighted by Gasteiger charge is 2.27. The fraction of sp³-hybridized carbons (Fsp3) is 0.500. The first-order chi connectivity index (χ1) is 8.87.